The lowest BCUT2D eigenvalue weighted by Crippen LogP contribution is -2.33. The summed E-state index contributed by atoms with van der Waals surface area (Å²) < 4.78 is 1.72. The maximum atomic E-state index is 12.7. The number of carbonyl (C=O) groups excluding carboxylic acids is 1. The number of nitrogens with one attached hydrogen (secondary N) is 1. The van der Waals surface area contributed by atoms with Crippen molar-refractivity contribution in [3.63, 3.8) is 0 Å². The largest absolute Gasteiger partial charge is 0.373 e. The second-order valence-electron chi connectivity index (χ2n) is 6.23. The third-order valence-corrected chi connectivity index (χ3v) is 4.27. The minimum atomic E-state index is -0.0898. The number of aryl methyl sites for hydroxylation is 3. The maximum absolute atomic E-state index is 12.7. The topological polar surface area (TPSA) is 63.1 Å². The molecule has 1 N–H and O–H groups in total. The number of benzene rings is 1. The fourth-order valence-electron chi connectivity index (χ4n) is 2.99. The van der Waals surface area contributed by atoms with Gasteiger partial charge in [-0.2, -0.15) is 5.10 Å². The van der Waals surface area contributed by atoms with E-state index in [1.807, 2.05) is 52.2 Å². The van der Waals surface area contributed by atoms with E-state index in [1.165, 1.54) is 0 Å². The molecule has 0 aliphatic rings. The van der Waals surface area contributed by atoms with Crippen molar-refractivity contribution < 1.29 is 4.79 Å². The number of aromatic nitrogens is 3. The first-order chi connectivity index (χ1) is 12.0. The van der Waals surface area contributed by atoms with E-state index >= 15 is 0 Å². The number of likely N-dealkylation sites (N-methyl/N-ethyl adjacent to an activating group) is 1. The van der Waals surface area contributed by atoms with Crippen LogP contribution < -0.4 is 10.2 Å². The van der Waals surface area contributed by atoms with E-state index in [4.69, 9.17) is 0 Å². The van der Waals surface area contributed by atoms with E-state index in [0.29, 0.717) is 12.1 Å². The standard InChI is InChI=1S/C19H23N5O/c1-13-12-16(17-14(2)22-24(4)18(17)21-13)19(25)20-10-11-23(3)15-8-6-5-7-9-15/h5-9,12H,10-11H2,1-4H3,(H,20,25). The van der Waals surface area contributed by atoms with E-state index in [1.54, 1.807) is 4.68 Å². The van der Waals surface area contributed by atoms with E-state index < -0.39 is 0 Å². The lowest BCUT2D eigenvalue weighted by Gasteiger charge is -2.19. The summed E-state index contributed by atoms with van der Waals surface area (Å²) in [7, 11) is 3.86. The molecule has 6 heteroatoms. The van der Waals surface area contributed by atoms with Gasteiger partial charge in [-0.15, -0.1) is 0 Å². The summed E-state index contributed by atoms with van der Waals surface area (Å²) in [5, 5.41) is 8.22. The molecule has 0 aliphatic carbocycles. The van der Waals surface area contributed by atoms with Gasteiger partial charge in [-0.1, -0.05) is 18.2 Å². The predicted molar refractivity (Wildman–Crippen MR) is 100 cm³/mol. The van der Waals surface area contributed by atoms with Crippen LogP contribution in [0.4, 0.5) is 5.69 Å². The number of nitrogens with zero attached hydrogens (tertiary/aromatic N) is 4. The van der Waals surface area contributed by atoms with Crippen LogP contribution in [-0.2, 0) is 7.05 Å². The van der Waals surface area contributed by atoms with Gasteiger partial charge in [0.1, 0.15) is 0 Å². The first-order valence-electron chi connectivity index (χ1n) is 8.32. The van der Waals surface area contributed by atoms with Gasteiger partial charge in [0, 0.05) is 38.6 Å². The van der Waals surface area contributed by atoms with Crippen molar-refractivity contribution in [1.29, 1.82) is 0 Å². The molecular weight excluding hydrogens is 314 g/mol. The van der Waals surface area contributed by atoms with Crippen molar-refractivity contribution in [2.75, 3.05) is 25.0 Å². The zero-order valence-electron chi connectivity index (χ0n) is 15.1. The fraction of sp³-hybridized carbons (Fsp3) is 0.316. The molecule has 1 aromatic carbocycles. The third-order valence-electron chi connectivity index (χ3n) is 4.27. The van der Waals surface area contributed by atoms with Gasteiger partial charge in [0.05, 0.1) is 16.6 Å². The van der Waals surface area contributed by atoms with Gasteiger partial charge in [-0.05, 0) is 32.0 Å². The summed E-state index contributed by atoms with van der Waals surface area (Å²) in [6.07, 6.45) is 0. The highest BCUT2D eigenvalue weighted by Crippen LogP contribution is 2.21. The van der Waals surface area contributed by atoms with Crippen LogP contribution in [0.3, 0.4) is 0 Å². The molecule has 0 fully saturated rings. The summed E-state index contributed by atoms with van der Waals surface area (Å²) in [5.74, 6) is -0.0898. The number of hydrogen-bond donors (Lipinski definition) is 1. The Morgan fingerprint density at radius 2 is 1.96 bits per heavy atom. The molecule has 6 nitrogen and oxygen atoms in total. The Morgan fingerprint density at radius 1 is 1.24 bits per heavy atom. The second-order valence-corrected chi connectivity index (χ2v) is 6.23. The number of hydrogen-bond acceptors (Lipinski definition) is 4. The van der Waals surface area contributed by atoms with Crippen molar-refractivity contribution in [3.8, 4) is 0 Å². The van der Waals surface area contributed by atoms with Crippen LogP contribution >= 0.6 is 0 Å². The maximum Gasteiger partial charge on any atom is 0.252 e. The average Bonchev–Trinajstić information content (AvgIpc) is 2.88. The molecule has 0 radical (unpaired) electrons. The molecule has 0 atom stereocenters. The van der Waals surface area contributed by atoms with Crippen molar-refractivity contribution in [1.82, 2.24) is 20.1 Å². The Hall–Kier alpha value is -2.89. The third kappa shape index (κ3) is 3.47. The summed E-state index contributed by atoms with van der Waals surface area (Å²) in [5.41, 5.74) is 4.13. The van der Waals surface area contributed by atoms with Crippen molar-refractivity contribution in [3.05, 3.63) is 53.3 Å². The molecule has 0 spiro atoms. The molecule has 3 aromatic rings. The van der Waals surface area contributed by atoms with Crippen LogP contribution in [0.2, 0.25) is 0 Å². The molecule has 3 rings (SSSR count). The summed E-state index contributed by atoms with van der Waals surface area (Å²) in [4.78, 5) is 19.3. The van der Waals surface area contributed by atoms with Crippen LogP contribution in [0, 0.1) is 13.8 Å². The molecule has 1 amide bonds. The minimum Gasteiger partial charge on any atom is -0.373 e. The second kappa shape index (κ2) is 6.93. The average molecular weight is 337 g/mol. The highest BCUT2D eigenvalue weighted by atomic mass is 16.1. The smallest absolute Gasteiger partial charge is 0.252 e. The van der Waals surface area contributed by atoms with E-state index in [9.17, 15) is 4.79 Å². The van der Waals surface area contributed by atoms with Crippen LogP contribution in [0.1, 0.15) is 21.7 Å². The van der Waals surface area contributed by atoms with Crippen LogP contribution in [0.5, 0.6) is 0 Å². The molecule has 130 valence electrons. The zero-order chi connectivity index (χ0) is 18.0. The molecule has 25 heavy (non-hydrogen) atoms. The molecule has 0 unspecified atom stereocenters. The highest BCUT2D eigenvalue weighted by molar-refractivity contribution is 6.06. The van der Waals surface area contributed by atoms with Gasteiger partial charge in [0.2, 0.25) is 0 Å². The van der Waals surface area contributed by atoms with E-state index in [-0.39, 0.29) is 5.91 Å². The first kappa shape index (κ1) is 17.0. The first-order valence-corrected chi connectivity index (χ1v) is 8.32. The van der Waals surface area contributed by atoms with Crippen molar-refractivity contribution in [2.24, 2.45) is 7.05 Å². The van der Waals surface area contributed by atoms with Gasteiger partial charge in [-0.3, -0.25) is 9.48 Å². The molecule has 0 saturated heterocycles. The van der Waals surface area contributed by atoms with E-state index in [2.05, 4.69) is 32.4 Å². The summed E-state index contributed by atoms with van der Waals surface area (Å²) in [6, 6.07) is 11.9. The number of fused-ring (bicyclic) bond motifs is 1. The van der Waals surface area contributed by atoms with Crippen LogP contribution in [-0.4, -0.2) is 40.8 Å². The number of amides is 1. The van der Waals surface area contributed by atoms with Gasteiger partial charge in [0.25, 0.3) is 5.91 Å². The zero-order valence-corrected chi connectivity index (χ0v) is 15.1. The number of rotatable bonds is 5. The van der Waals surface area contributed by atoms with Gasteiger partial charge < -0.3 is 10.2 Å². The lowest BCUT2D eigenvalue weighted by molar-refractivity contribution is 0.0956. The Kier molecular flexibility index (Phi) is 4.70. The van der Waals surface area contributed by atoms with Gasteiger partial charge in [-0.25, -0.2) is 4.98 Å². The molecular formula is C19H23N5O. The summed E-state index contributed by atoms with van der Waals surface area (Å²) >= 11 is 0. The van der Waals surface area contributed by atoms with E-state index in [0.717, 1.165) is 34.7 Å². The van der Waals surface area contributed by atoms with Crippen molar-refractivity contribution in [2.45, 2.75) is 13.8 Å². The Balaban J connectivity index is 1.73. The molecule has 2 heterocycles. The number of anilines is 1. The lowest BCUT2D eigenvalue weighted by atomic mass is 10.1. The Bertz CT molecular complexity index is 901. The Morgan fingerprint density at radius 3 is 2.68 bits per heavy atom. The molecule has 0 saturated carbocycles. The normalized spacial score (nSPS) is 10.9. The van der Waals surface area contributed by atoms with Crippen LogP contribution in [0.25, 0.3) is 11.0 Å². The number of carbonyl (C=O) groups is 1. The SMILES string of the molecule is Cc1cc(C(=O)NCCN(C)c2ccccc2)c2c(C)nn(C)c2n1. The predicted octanol–water partition coefficient (Wildman–Crippen LogP) is 2.45. The minimum absolute atomic E-state index is 0.0898. The monoisotopic (exact) mass is 337 g/mol. The van der Waals surface area contributed by atoms with Gasteiger partial charge >= 0.3 is 0 Å². The molecule has 2 aromatic heterocycles. The molecule has 0 bridgehead atoms. The Labute approximate surface area is 147 Å². The number of pyridine rings is 1. The molecule has 0 aliphatic heterocycles. The van der Waals surface area contributed by atoms with Gasteiger partial charge in [0.15, 0.2) is 5.65 Å². The highest BCUT2D eigenvalue weighted by Gasteiger charge is 2.17. The summed E-state index contributed by atoms with van der Waals surface area (Å²) in [6.45, 7) is 5.09. The number of para-hydroxylation sites is 1. The quantitative estimate of drug-likeness (QED) is 0.777. The fourth-order valence-corrected chi connectivity index (χ4v) is 2.99. The van der Waals surface area contributed by atoms with Crippen LogP contribution in [0.15, 0.2) is 36.4 Å². The van der Waals surface area contributed by atoms with Crippen molar-refractivity contribution >= 4 is 22.6 Å².